The van der Waals surface area contributed by atoms with E-state index in [1.54, 1.807) is 31.2 Å². The topological polar surface area (TPSA) is 90.7 Å². The number of carbonyl (C=O) groups is 1. The van der Waals surface area contributed by atoms with Crippen LogP contribution < -0.4 is 14.8 Å². The summed E-state index contributed by atoms with van der Waals surface area (Å²) in [4.78, 5) is 23.1. The number of carbonyl (C=O) groups excluding carboxylic acids is 1. The standard InChI is InChI=1S/C17H17ClN2O5/c1-3-25-16-8-13(14(20(22)23)9-15(16)24-2)17(21)19-10-11-4-6-12(18)7-5-11/h4-9H,3,10H2,1-2H3,(H,19,21). The Morgan fingerprint density at radius 2 is 1.92 bits per heavy atom. The summed E-state index contributed by atoms with van der Waals surface area (Å²) in [7, 11) is 1.38. The van der Waals surface area contributed by atoms with Gasteiger partial charge in [-0.05, 0) is 24.6 Å². The molecule has 0 aromatic heterocycles. The van der Waals surface area contributed by atoms with Gasteiger partial charge >= 0.3 is 0 Å². The van der Waals surface area contributed by atoms with E-state index in [-0.39, 0.29) is 29.3 Å². The monoisotopic (exact) mass is 364 g/mol. The number of hydrogen-bond acceptors (Lipinski definition) is 5. The molecule has 0 radical (unpaired) electrons. The van der Waals surface area contributed by atoms with E-state index < -0.39 is 10.8 Å². The molecule has 0 heterocycles. The van der Waals surface area contributed by atoms with Crippen LogP contribution in [-0.4, -0.2) is 24.5 Å². The minimum atomic E-state index is -0.630. The van der Waals surface area contributed by atoms with Gasteiger partial charge in [-0.2, -0.15) is 0 Å². The molecule has 1 amide bonds. The van der Waals surface area contributed by atoms with Crippen LogP contribution in [0.15, 0.2) is 36.4 Å². The largest absolute Gasteiger partial charge is 0.493 e. The molecule has 7 nitrogen and oxygen atoms in total. The molecule has 0 bridgehead atoms. The third kappa shape index (κ3) is 4.60. The third-order valence-corrected chi connectivity index (χ3v) is 3.64. The summed E-state index contributed by atoms with van der Waals surface area (Å²) in [5, 5.41) is 14.5. The summed E-state index contributed by atoms with van der Waals surface area (Å²) in [6.45, 7) is 2.31. The Morgan fingerprint density at radius 1 is 1.24 bits per heavy atom. The lowest BCUT2D eigenvalue weighted by Gasteiger charge is -2.12. The number of rotatable bonds is 7. The Balaban J connectivity index is 2.28. The second-order valence-corrected chi connectivity index (χ2v) is 5.46. The maximum Gasteiger partial charge on any atom is 0.286 e. The van der Waals surface area contributed by atoms with Crippen molar-refractivity contribution in [1.82, 2.24) is 5.32 Å². The van der Waals surface area contributed by atoms with Gasteiger partial charge in [-0.1, -0.05) is 23.7 Å². The lowest BCUT2D eigenvalue weighted by molar-refractivity contribution is -0.385. The Kier molecular flexibility index (Phi) is 6.19. The molecule has 0 saturated heterocycles. The summed E-state index contributed by atoms with van der Waals surface area (Å²) in [5.74, 6) is -0.111. The number of nitrogens with one attached hydrogen (secondary N) is 1. The fourth-order valence-corrected chi connectivity index (χ4v) is 2.32. The van der Waals surface area contributed by atoms with Gasteiger partial charge in [-0.15, -0.1) is 0 Å². The van der Waals surface area contributed by atoms with E-state index >= 15 is 0 Å². The van der Waals surface area contributed by atoms with Crippen LogP contribution in [0.2, 0.25) is 5.02 Å². The zero-order chi connectivity index (χ0) is 18.4. The molecule has 0 aliphatic rings. The van der Waals surface area contributed by atoms with Gasteiger partial charge in [0, 0.05) is 17.6 Å². The van der Waals surface area contributed by atoms with E-state index in [9.17, 15) is 14.9 Å². The molecule has 132 valence electrons. The van der Waals surface area contributed by atoms with Crippen LogP contribution in [0.1, 0.15) is 22.8 Å². The molecule has 0 atom stereocenters. The number of nitro benzene ring substituents is 1. The van der Waals surface area contributed by atoms with Crippen LogP contribution in [0.3, 0.4) is 0 Å². The molecule has 0 aliphatic carbocycles. The van der Waals surface area contributed by atoms with Crippen LogP contribution in [0, 0.1) is 10.1 Å². The minimum absolute atomic E-state index is 0.0942. The molecule has 0 saturated carbocycles. The van der Waals surface area contributed by atoms with Crippen molar-refractivity contribution in [2.24, 2.45) is 0 Å². The molecule has 2 rings (SSSR count). The SMILES string of the molecule is CCOc1cc(C(=O)NCc2ccc(Cl)cc2)c([N+](=O)[O-])cc1OC. The first kappa shape index (κ1) is 18.5. The molecular formula is C17H17ClN2O5. The maximum atomic E-state index is 12.4. The van der Waals surface area contributed by atoms with Gasteiger partial charge < -0.3 is 14.8 Å². The molecular weight excluding hydrogens is 348 g/mol. The quantitative estimate of drug-likeness (QED) is 0.599. The van der Waals surface area contributed by atoms with Crippen molar-refractivity contribution in [2.75, 3.05) is 13.7 Å². The summed E-state index contributed by atoms with van der Waals surface area (Å²) >= 11 is 5.81. The first-order valence-corrected chi connectivity index (χ1v) is 7.86. The van der Waals surface area contributed by atoms with E-state index in [1.165, 1.54) is 19.2 Å². The zero-order valence-electron chi connectivity index (χ0n) is 13.7. The first-order chi connectivity index (χ1) is 12.0. The number of nitro groups is 1. The Bertz CT molecular complexity index is 777. The van der Waals surface area contributed by atoms with Gasteiger partial charge in [-0.25, -0.2) is 0 Å². The third-order valence-electron chi connectivity index (χ3n) is 3.39. The summed E-state index contributed by atoms with van der Waals surface area (Å²) in [6, 6.07) is 9.42. The number of hydrogen-bond donors (Lipinski definition) is 1. The average molecular weight is 365 g/mol. The van der Waals surface area contributed by atoms with E-state index in [4.69, 9.17) is 21.1 Å². The van der Waals surface area contributed by atoms with Gasteiger partial charge in [0.1, 0.15) is 5.56 Å². The highest BCUT2D eigenvalue weighted by molar-refractivity contribution is 6.30. The van der Waals surface area contributed by atoms with E-state index in [0.717, 1.165) is 5.56 Å². The molecule has 8 heteroatoms. The highest BCUT2D eigenvalue weighted by Gasteiger charge is 2.24. The fraction of sp³-hybridized carbons (Fsp3) is 0.235. The number of benzene rings is 2. The number of methoxy groups -OCH3 is 1. The second-order valence-electron chi connectivity index (χ2n) is 5.02. The van der Waals surface area contributed by atoms with Gasteiger partial charge in [-0.3, -0.25) is 14.9 Å². The summed E-state index contributed by atoms with van der Waals surface area (Å²) < 4.78 is 10.5. The Hall–Kier alpha value is -2.80. The predicted molar refractivity (Wildman–Crippen MR) is 93.4 cm³/mol. The minimum Gasteiger partial charge on any atom is -0.493 e. The van der Waals surface area contributed by atoms with Crippen molar-refractivity contribution in [1.29, 1.82) is 0 Å². The Morgan fingerprint density at radius 3 is 2.48 bits per heavy atom. The highest BCUT2D eigenvalue weighted by atomic mass is 35.5. The first-order valence-electron chi connectivity index (χ1n) is 7.48. The van der Waals surface area contributed by atoms with Gasteiger partial charge in [0.2, 0.25) is 0 Å². The lowest BCUT2D eigenvalue weighted by atomic mass is 10.1. The second kappa shape index (κ2) is 8.34. The van der Waals surface area contributed by atoms with E-state index in [0.29, 0.717) is 11.6 Å². The highest BCUT2D eigenvalue weighted by Crippen LogP contribution is 2.34. The van der Waals surface area contributed by atoms with E-state index in [1.807, 2.05) is 0 Å². The number of amides is 1. The van der Waals surface area contributed by atoms with Gasteiger partial charge in [0.15, 0.2) is 11.5 Å². The average Bonchev–Trinajstić information content (AvgIpc) is 2.60. The van der Waals surface area contributed by atoms with Crippen molar-refractivity contribution in [3.05, 3.63) is 62.7 Å². The fourth-order valence-electron chi connectivity index (χ4n) is 2.19. The van der Waals surface area contributed by atoms with Crippen molar-refractivity contribution in [3.8, 4) is 11.5 Å². The van der Waals surface area contributed by atoms with Crippen LogP contribution in [0.5, 0.6) is 11.5 Å². The lowest BCUT2D eigenvalue weighted by Crippen LogP contribution is -2.23. The van der Waals surface area contributed by atoms with E-state index in [2.05, 4.69) is 5.32 Å². The summed E-state index contributed by atoms with van der Waals surface area (Å²) in [6.07, 6.45) is 0. The number of halogens is 1. The number of ether oxygens (including phenoxy) is 2. The zero-order valence-corrected chi connectivity index (χ0v) is 14.5. The van der Waals surface area contributed by atoms with Crippen molar-refractivity contribution < 1.29 is 19.2 Å². The van der Waals surface area contributed by atoms with Gasteiger partial charge in [0.25, 0.3) is 11.6 Å². The van der Waals surface area contributed by atoms with Crippen LogP contribution in [0.4, 0.5) is 5.69 Å². The molecule has 2 aromatic carbocycles. The molecule has 0 spiro atoms. The van der Waals surface area contributed by atoms with Crippen LogP contribution in [-0.2, 0) is 6.54 Å². The molecule has 2 aromatic rings. The molecule has 25 heavy (non-hydrogen) atoms. The molecule has 0 fully saturated rings. The van der Waals surface area contributed by atoms with Crippen LogP contribution in [0.25, 0.3) is 0 Å². The van der Waals surface area contributed by atoms with Crippen molar-refractivity contribution in [2.45, 2.75) is 13.5 Å². The van der Waals surface area contributed by atoms with Crippen LogP contribution >= 0.6 is 11.6 Å². The molecule has 1 N–H and O–H groups in total. The van der Waals surface area contributed by atoms with Gasteiger partial charge in [0.05, 0.1) is 24.7 Å². The summed E-state index contributed by atoms with van der Waals surface area (Å²) in [5.41, 5.74) is 0.371. The molecule has 0 unspecified atom stereocenters. The Labute approximate surface area is 149 Å². The maximum absolute atomic E-state index is 12.4. The number of nitrogens with zero attached hydrogens (tertiary/aromatic N) is 1. The normalized spacial score (nSPS) is 10.2. The van der Waals surface area contributed by atoms with Crippen molar-refractivity contribution >= 4 is 23.2 Å². The smallest absolute Gasteiger partial charge is 0.286 e. The molecule has 0 aliphatic heterocycles. The van der Waals surface area contributed by atoms with Crippen molar-refractivity contribution in [3.63, 3.8) is 0 Å². The predicted octanol–water partition coefficient (Wildman–Crippen LogP) is 3.59.